The molecule has 0 aromatic heterocycles. The highest BCUT2D eigenvalue weighted by Gasteiger charge is 2.24. The highest BCUT2D eigenvalue weighted by atomic mass is 79.9. The minimum absolute atomic E-state index is 0.129. The van der Waals surface area contributed by atoms with Gasteiger partial charge in [-0.2, -0.15) is 4.31 Å². The van der Waals surface area contributed by atoms with Gasteiger partial charge in [0.15, 0.2) is 0 Å². The molecule has 0 fully saturated rings. The normalized spacial score (nSPS) is 12.6. The summed E-state index contributed by atoms with van der Waals surface area (Å²) in [4.78, 5) is 12.5. The van der Waals surface area contributed by atoms with Gasteiger partial charge in [-0.25, -0.2) is 8.42 Å². The summed E-state index contributed by atoms with van der Waals surface area (Å²) < 4.78 is 33.0. The number of nitrogens with one attached hydrogen (secondary N) is 1. The van der Waals surface area contributed by atoms with E-state index in [9.17, 15) is 13.2 Å². The van der Waals surface area contributed by atoms with E-state index in [1.165, 1.54) is 13.1 Å². The number of amides is 1. The number of rotatable bonds is 8. The Bertz CT molecular complexity index is 947. The molecular formula is C20H25BrN2O4S. The van der Waals surface area contributed by atoms with E-state index in [2.05, 4.69) is 21.2 Å². The van der Waals surface area contributed by atoms with Gasteiger partial charge in [0.2, 0.25) is 15.9 Å². The number of hydrogen-bond acceptors (Lipinski definition) is 4. The van der Waals surface area contributed by atoms with Crippen molar-refractivity contribution in [1.29, 1.82) is 0 Å². The number of carbonyl (C=O) groups excluding carboxylic acids is 1. The van der Waals surface area contributed by atoms with E-state index in [0.717, 1.165) is 19.9 Å². The summed E-state index contributed by atoms with van der Waals surface area (Å²) in [6.45, 7) is 5.74. The second kappa shape index (κ2) is 9.54. The molecule has 2 aromatic carbocycles. The molecule has 0 saturated heterocycles. The van der Waals surface area contributed by atoms with Crippen molar-refractivity contribution in [3.8, 4) is 5.75 Å². The molecular weight excluding hydrogens is 444 g/mol. The Morgan fingerprint density at radius 3 is 2.57 bits per heavy atom. The van der Waals surface area contributed by atoms with Crippen LogP contribution in [0.25, 0.3) is 0 Å². The van der Waals surface area contributed by atoms with Crippen molar-refractivity contribution in [1.82, 2.24) is 9.62 Å². The summed E-state index contributed by atoms with van der Waals surface area (Å²) in [7, 11) is -2.39. The molecule has 0 aliphatic carbocycles. The molecule has 0 radical (unpaired) electrons. The predicted octanol–water partition coefficient (Wildman–Crippen LogP) is 3.65. The number of hydrogen-bond donors (Lipinski definition) is 1. The predicted molar refractivity (Wildman–Crippen MR) is 113 cm³/mol. The maximum atomic E-state index is 12.8. The van der Waals surface area contributed by atoms with Crippen LogP contribution < -0.4 is 10.1 Å². The molecule has 28 heavy (non-hydrogen) atoms. The molecule has 0 aliphatic rings. The zero-order valence-electron chi connectivity index (χ0n) is 16.4. The molecule has 1 N–H and O–H groups in total. The van der Waals surface area contributed by atoms with Gasteiger partial charge in [-0.15, -0.1) is 0 Å². The summed E-state index contributed by atoms with van der Waals surface area (Å²) >= 11 is 3.40. The molecule has 1 atom stereocenters. The maximum absolute atomic E-state index is 12.8. The fraction of sp³-hybridized carbons (Fsp3) is 0.350. The van der Waals surface area contributed by atoms with Gasteiger partial charge in [0.1, 0.15) is 5.75 Å². The van der Waals surface area contributed by atoms with Crippen LogP contribution in [0.5, 0.6) is 5.75 Å². The second-order valence-electron chi connectivity index (χ2n) is 6.47. The lowest BCUT2D eigenvalue weighted by molar-refractivity contribution is -0.121. The van der Waals surface area contributed by atoms with Gasteiger partial charge < -0.3 is 10.1 Å². The third kappa shape index (κ3) is 5.56. The molecule has 0 aliphatic heterocycles. The van der Waals surface area contributed by atoms with Gasteiger partial charge in [-0.3, -0.25) is 4.79 Å². The van der Waals surface area contributed by atoms with E-state index >= 15 is 0 Å². The van der Waals surface area contributed by atoms with E-state index in [4.69, 9.17) is 4.74 Å². The van der Waals surface area contributed by atoms with Crippen LogP contribution in [0.1, 0.15) is 31.0 Å². The number of halogens is 1. The van der Waals surface area contributed by atoms with Gasteiger partial charge >= 0.3 is 0 Å². The van der Waals surface area contributed by atoms with Crippen LogP contribution in [-0.2, 0) is 14.8 Å². The largest absolute Gasteiger partial charge is 0.494 e. The maximum Gasteiger partial charge on any atom is 0.243 e. The van der Waals surface area contributed by atoms with Gasteiger partial charge in [0.25, 0.3) is 0 Å². The Morgan fingerprint density at radius 2 is 1.96 bits per heavy atom. The molecule has 0 spiro atoms. The molecule has 0 unspecified atom stereocenters. The monoisotopic (exact) mass is 468 g/mol. The first kappa shape index (κ1) is 22.4. The molecule has 2 aromatic rings. The van der Waals surface area contributed by atoms with Crippen molar-refractivity contribution < 1.29 is 17.9 Å². The minimum atomic E-state index is -3.79. The van der Waals surface area contributed by atoms with Crippen LogP contribution in [0, 0.1) is 6.92 Å². The van der Waals surface area contributed by atoms with Crippen molar-refractivity contribution in [3.05, 3.63) is 58.1 Å². The average molecular weight is 469 g/mol. The van der Waals surface area contributed by atoms with E-state index < -0.39 is 10.0 Å². The van der Waals surface area contributed by atoms with Crippen molar-refractivity contribution in [2.75, 3.05) is 20.2 Å². The standard InChI is InChI=1S/C20H25BrN2O4S/c1-5-27-19-10-9-18(11-14(19)2)28(25,26)23(4)13-20(24)22-15(3)16-7-6-8-17(21)12-16/h6-12,15H,5,13H2,1-4H3,(H,22,24)/t15-/m1/s1. The number of likely N-dealkylation sites (N-methyl/N-ethyl adjacent to an activating group) is 1. The lowest BCUT2D eigenvalue weighted by atomic mass is 10.1. The Hall–Kier alpha value is -1.90. The molecule has 0 heterocycles. The van der Waals surface area contributed by atoms with Gasteiger partial charge in [0.05, 0.1) is 24.1 Å². The first-order valence-corrected chi connectivity index (χ1v) is 11.1. The summed E-state index contributed by atoms with van der Waals surface area (Å²) in [6.07, 6.45) is 0. The Morgan fingerprint density at radius 1 is 1.25 bits per heavy atom. The highest BCUT2D eigenvalue weighted by Crippen LogP contribution is 2.24. The van der Waals surface area contributed by atoms with Gasteiger partial charge in [-0.1, -0.05) is 28.1 Å². The highest BCUT2D eigenvalue weighted by molar-refractivity contribution is 9.10. The van der Waals surface area contributed by atoms with Crippen molar-refractivity contribution in [2.24, 2.45) is 0 Å². The number of sulfonamides is 1. The molecule has 0 saturated carbocycles. The van der Waals surface area contributed by atoms with Gasteiger partial charge in [-0.05, 0) is 62.2 Å². The minimum Gasteiger partial charge on any atom is -0.494 e. The summed E-state index contributed by atoms with van der Waals surface area (Å²) in [5, 5.41) is 2.83. The SMILES string of the molecule is CCOc1ccc(S(=O)(=O)N(C)CC(=O)N[C@H](C)c2cccc(Br)c2)cc1C. The number of benzene rings is 2. The zero-order chi connectivity index (χ0) is 20.9. The van der Waals surface area contributed by atoms with Crippen molar-refractivity contribution >= 4 is 31.9 Å². The topological polar surface area (TPSA) is 75.7 Å². The van der Waals surface area contributed by atoms with E-state index in [1.807, 2.05) is 38.1 Å². The summed E-state index contributed by atoms with van der Waals surface area (Å²) in [5.41, 5.74) is 1.65. The first-order valence-electron chi connectivity index (χ1n) is 8.89. The van der Waals surface area contributed by atoms with Crippen LogP contribution in [0.4, 0.5) is 0 Å². The smallest absolute Gasteiger partial charge is 0.243 e. The average Bonchev–Trinajstić information content (AvgIpc) is 2.63. The number of carbonyl (C=O) groups is 1. The van der Waals surface area contributed by atoms with Gasteiger partial charge in [0, 0.05) is 11.5 Å². The molecule has 0 bridgehead atoms. The molecule has 8 heteroatoms. The molecule has 152 valence electrons. The fourth-order valence-electron chi connectivity index (χ4n) is 2.71. The second-order valence-corrected chi connectivity index (χ2v) is 9.43. The Labute approximate surface area is 175 Å². The Balaban J connectivity index is 2.07. The third-order valence-corrected chi connectivity index (χ3v) is 6.54. The van der Waals surface area contributed by atoms with Crippen LogP contribution in [0.15, 0.2) is 51.8 Å². The van der Waals surface area contributed by atoms with Crippen LogP contribution >= 0.6 is 15.9 Å². The third-order valence-electron chi connectivity index (χ3n) is 4.25. The Kier molecular flexibility index (Phi) is 7.63. The van der Waals surface area contributed by atoms with Crippen LogP contribution in [0.3, 0.4) is 0 Å². The number of aryl methyl sites for hydroxylation is 1. The van der Waals surface area contributed by atoms with Crippen molar-refractivity contribution in [3.63, 3.8) is 0 Å². The van der Waals surface area contributed by atoms with Crippen molar-refractivity contribution in [2.45, 2.75) is 31.7 Å². The lowest BCUT2D eigenvalue weighted by Crippen LogP contribution is -2.39. The molecule has 6 nitrogen and oxygen atoms in total. The number of ether oxygens (including phenoxy) is 1. The van der Waals surface area contributed by atoms with E-state index in [0.29, 0.717) is 12.4 Å². The lowest BCUT2D eigenvalue weighted by Gasteiger charge is -2.20. The van der Waals surface area contributed by atoms with Crippen LogP contribution in [0.2, 0.25) is 0 Å². The van der Waals surface area contributed by atoms with E-state index in [1.54, 1.807) is 19.1 Å². The van der Waals surface area contributed by atoms with Crippen LogP contribution in [-0.4, -0.2) is 38.8 Å². The van der Waals surface area contributed by atoms with E-state index in [-0.39, 0.29) is 23.4 Å². The molecule has 2 rings (SSSR count). The fourth-order valence-corrected chi connectivity index (χ4v) is 4.34. The number of nitrogens with zero attached hydrogens (tertiary/aromatic N) is 1. The zero-order valence-corrected chi connectivity index (χ0v) is 18.8. The summed E-state index contributed by atoms with van der Waals surface area (Å²) in [6, 6.07) is 12.0. The first-order chi connectivity index (χ1) is 13.1. The summed E-state index contributed by atoms with van der Waals surface area (Å²) in [5.74, 6) is 0.269. The molecule has 1 amide bonds. The quantitative estimate of drug-likeness (QED) is 0.641.